The van der Waals surface area contributed by atoms with Gasteiger partial charge in [-0.25, -0.2) is 13.6 Å². The maximum Gasteiger partial charge on any atom is 0.251 e. The van der Waals surface area contributed by atoms with Crippen LogP contribution < -0.4 is 10.5 Å². The Balaban J connectivity index is 2.20. The molecular formula is C13H17ClN2O4S. The Morgan fingerprint density at radius 1 is 1.43 bits per heavy atom. The van der Waals surface area contributed by atoms with Crippen molar-refractivity contribution >= 4 is 27.5 Å². The summed E-state index contributed by atoms with van der Waals surface area (Å²) in [6.07, 6.45) is 1.64. The second-order valence-electron chi connectivity index (χ2n) is 5.13. The fourth-order valence-electron chi connectivity index (χ4n) is 2.22. The summed E-state index contributed by atoms with van der Waals surface area (Å²) in [5.74, 6) is -0.374. The van der Waals surface area contributed by atoms with Crippen LogP contribution in [0.3, 0.4) is 0 Å². The standard InChI is InChI=1S/C13H17ClN2O4S/c1-7-11(14)3-8(4-12(7)21(15,18)19)13(17)16-9-5-10(6-9)20-2/h3-4,9-10H,5-6H2,1-2H3,(H,16,17)(H2,15,18,19). The molecular weight excluding hydrogens is 316 g/mol. The van der Waals surface area contributed by atoms with E-state index in [0.29, 0.717) is 5.56 Å². The van der Waals surface area contributed by atoms with E-state index in [0.717, 1.165) is 12.8 Å². The summed E-state index contributed by atoms with van der Waals surface area (Å²) in [4.78, 5) is 12.0. The molecule has 0 unspecified atom stereocenters. The number of hydrogen-bond acceptors (Lipinski definition) is 4. The number of hydrogen-bond donors (Lipinski definition) is 2. The Morgan fingerprint density at radius 3 is 2.57 bits per heavy atom. The van der Waals surface area contributed by atoms with E-state index < -0.39 is 10.0 Å². The summed E-state index contributed by atoms with van der Waals surface area (Å²) < 4.78 is 28.2. The summed E-state index contributed by atoms with van der Waals surface area (Å²) in [5, 5.41) is 8.13. The van der Waals surface area contributed by atoms with Gasteiger partial charge in [0, 0.05) is 23.7 Å². The van der Waals surface area contributed by atoms with Crippen LogP contribution in [0.1, 0.15) is 28.8 Å². The molecule has 1 aliphatic rings. The minimum atomic E-state index is -3.93. The molecule has 0 radical (unpaired) electrons. The minimum absolute atomic E-state index is 0.0282. The number of nitrogens with two attached hydrogens (primary N) is 1. The van der Waals surface area contributed by atoms with Crippen LogP contribution in [0.2, 0.25) is 5.02 Å². The summed E-state index contributed by atoms with van der Waals surface area (Å²) >= 11 is 5.98. The van der Waals surface area contributed by atoms with Gasteiger partial charge in [0.05, 0.1) is 11.0 Å². The second kappa shape index (κ2) is 5.92. The molecule has 1 aliphatic carbocycles. The first-order chi connectivity index (χ1) is 9.72. The van der Waals surface area contributed by atoms with Crippen molar-refractivity contribution in [2.24, 2.45) is 5.14 Å². The third-order valence-electron chi connectivity index (χ3n) is 3.63. The molecule has 1 aromatic rings. The molecule has 0 atom stereocenters. The first kappa shape index (κ1) is 16.2. The van der Waals surface area contributed by atoms with Crippen molar-refractivity contribution in [1.29, 1.82) is 0 Å². The fourth-order valence-corrected chi connectivity index (χ4v) is 3.33. The Morgan fingerprint density at radius 2 is 2.05 bits per heavy atom. The van der Waals surface area contributed by atoms with Gasteiger partial charge in [-0.15, -0.1) is 0 Å². The van der Waals surface area contributed by atoms with Crippen LogP contribution in [-0.4, -0.2) is 33.6 Å². The van der Waals surface area contributed by atoms with Crippen LogP contribution in [0.15, 0.2) is 17.0 Å². The number of primary sulfonamides is 1. The van der Waals surface area contributed by atoms with Gasteiger partial charge in [-0.3, -0.25) is 4.79 Å². The molecule has 0 bridgehead atoms. The van der Waals surface area contributed by atoms with E-state index in [9.17, 15) is 13.2 Å². The van der Waals surface area contributed by atoms with Gasteiger partial charge in [-0.2, -0.15) is 0 Å². The number of rotatable bonds is 4. The lowest BCUT2D eigenvalue weighted by atomic mass is 9.89. The quantitative estimate of drug-likeness (QED) is 0.865. The molecule has 1 aromatic carbocycles. The van der Waals surface area contributed by atoms with Crippen molar-refractivity contribution < 1.29 is 17.9 Å². The lowest BCUT2D eigenvalue weighted by molar-refractivity contribution is 0.0176. The third-order valence-corrected chi connectivity index (χ3v) is 5.06. The molecule has 1 amide bonds. The molecule has 2 rings (SSSR count). The second-order valence-corrected chi connectivity index (χ2v) is 7.06. The lowest BCUT2D eigenvalue weighted by Gasteiger charge is -2.34. The van der Waals surface area contributed by atoms with Crippen LogP contribution in [0.5, 0.6) is 0 Å². The van der Waals surface area contributed by atoms with E-state index in [4.69, 9.17) is 21.5 Å². The Kier molecular flexibility index (Phi) is 4.57. The van der Waals surface area contributed by atoms with Crippen LogP contribution in [0.25, 0.3) is 0 Å². The van der Waals surface area contributed by atoms with E-state index in [2.05, 4.69) is 5.32 Å². The zero-order chi connectivity index (χ0) is 15.8. The molecule has 0 spiro atoms. The number of amides is 1. The summed E-state index contributed by atoms with van der Waals surface area (Å²) in [6, 6.07) is 2.71. The number of benzene rings is 1. The molecule has 6 nitrogen and oxygen atoms in total. The lowest BCUT2D eigenvalue weighted by Crippen LogP contribution is -2.47. The fraction of sp³-hybridized carbons (Fsp3) is 0.462. The zero-order valence-corrected chi connectivity index (χ0v) is 13.3. The average Bonchev–Trinajstić information content (AvgIpc) is 2.34. The monoisotopic (exact) mass is 332 g/mol. The predicted octanol–water partition coefficient (Wildman–Crippen LogP) is 1.20. The third kappa shape index (κ3) is 3.55. The van der Waals surface area contributed by atoms with E-state index in [-0.39, 0.29) is 33.5 Å². The molecule has 0 aromatic heterocycles. The van der Waals surface area contributed by atoms with Gasteiger partial charge in [-0.05, 0) is 37.5 Å². The summed E-state index contributed by atoms with van der Waals surface area (Å²) in [6.45, 7) is 1.54. The van der Waals surface area contributed by atoms with Gasteiger partial charge in [0.2, 0.25) is 10.0 Å². The predicted molar refractivity (Wildman–Crippen MR) is 78.8 cm³/mol. The Bertz CT molecular complexity index is 669. The highest BCUT2D eigenvalue weighted by Crippen LogP contribution is 2.26. The number of ether oxygens (including phenoxy) is 1. The Hall–Kier alpha value is -1.15. The molecule has 21 heavy (non-hydrogen) atoms. The zero-order valence-electron chi connectivity index (χ0n) is 11.7. The van der Waals surface area contributed by atoms with Crippen LogP contribution in [0.4, 0.5) is 0 Å². The number of halogens is 1. The Labute approximate surface area is 128 Å². The highest BCUT2D eigenvalue weighted by atomic mass is 35.5. The summed E-state index contributed by atoms with van der Waals surface area (Å²) in [5.41, 5.74) is 0.509. The van der Waals surface area contributed by atoms with Gasteiger partial charge in [0.25, 0.3) is 5.91 Å². The normalized spacial score (nSPS) is 21.7. The van der Waals surface area contributed by atoms with Crippen molar-refractivity contribution in [3.05, 3.63) is 28.3 Å². The molecule has 1 fully saturated rings. The minimum Gasteiger partial charge on any atom is -0.381 e. The van der Waals surface area contributed by atoms with Gasteiger partial charge in [-0.1, -0.05) is 11.6 Å². The summed E-state index contributed by atoms with van der Waals surface area (Å²) in [7, 11) is -2.30. The molecule has 0 heterocycles. The highest BCUT2D eigenvalue weighted by molar-refractivity contribution is 7.89. The van der Waals surface area contributed by atoms with Gasteiger partial charge in [0.15, 0.2) is 0 Å². The van der Waals surface area contributed by atoms with Gasteiger partial charge in [0.1, 0.15) is 0 Å². The van der Waals surface area contributed by atoms with Crippen molar-refractivity contribution in [2.45, 2.75) is 36.8 Å². The van der Waals surface area contributed by atoms with E-state index >= 15 is 0 Å². The molecule has 3 N–H and O–H groups in total. The van der Waals surface area contributed by atoms with E-state index in [1.54, 1.807) is 14.0 Å². The first-order valence-electron chi connectivity index (χ1n) is 6.39. The maximum atomic E-state index is 12.1. The largest absolute Gasteiger partial charge is 0.381 e. The maximum absolute atomic E-state index is 12.1. The van der Waals surface area contributed by atoms with Crippen molar-refractivity contribution in [3.63, 3.8) is 0 Å². The van der Waals surface area contributed by atoms with Crippen LogP contribution in [-0.2, 0) is 14.8 Å². The van der Waals surface area contributed by atoms with Crippen molar-refractivity contribution in [1.82, 2.24) is 5.32 Å². The number of methoxy groups -OCH3 is 1. The number of sulfonamides is 1. The highest BCUT2D eigenvalue weighted by Gasteiger charge is 2.30. The van der Waals surface area contributed by atoms with Crippen LogP contribution in [0, 0.1) is 6.92 Å². The first-order valence-corrected chi connectivity index (χ1v) is 8.31. The van der Waals surface area contributed by atoms with Crippen LogP contribution >= 0.6 is 11.6 Å². The molecule has 0 saturated heterocycles. The number of carbonyl (C=O) groups excluding carboxylic acids is 1. The topological polar surface area (TPSA) is 98.5 Å². The molecule has 116 valence electrons. The van der Waals surface area contributed by atoms with Crippen molar-refractivity contribution in [3.8, 4) is 0 Å². The molecule has 1 saturated carbocycles. The van der Waals surface area contributed by atoms with Gasteiger partial charge >= 0.3 is 0 Å². The van der Waals surface area contributed by atoms with E-state index in [1.807, 2.05) is 0 Å². The number of carbonyl (C=O) groups is 1. The van der Waals surface area contributed by atoms with Gasteiger partial charge < -0.3 is 10.1 Å². The molecule has 8 heteroatoms. The average molecular weight is 333 g/mol. The number of nitrogens with one attached hydrogen (secondary N) is 1. The van der Waals surface area contributed by atoms with Crippen molar-refractivity contribution in [2.75, 3.05) is 7.11 Å². The smallest absolute Gasteiger partial charge is 0.251 e. The van der Waals surface area contributed by atoms with E-state index in [1.165, 1.54) is 12.1 Å². The SMILES string of the molecule is COC1CC(NC(=O)c2cc(Cl)c(C)c(S(N)(=O)=O)c2)C1. The molecule has 0 aliphatic heterocycles.